The zero-order valence-electron chi connectivity index (χ0n) is 10.3. The van der Waals surface area contributed by atoms with Crippen molar-refractivity contribution in [2.45, 2.75) is 6.92 Å². The van der Waals surface area contributed by atoms with Crippen molar-refractivity contribution in [2.75, 3.05) is 0 Å². The molecule has 0 N–H and O–H groups in total. The van der Waals surface area contributed by atoms with Crippen molar-refractivity contribution in [1.82, 2.24) is 9.78 Å². The highest BCUT2D eigenvalue weighted by atomic mass is 16.6. The molecule has 0 fully saturated rings. The Morgan fingerprint density at radius 1 is 1.45 bits per heavy atom. The van der Waals surface area contributed by atoms with Crippen LogP contribution in [0.1, 0.15) is 16.1 Å². The van der Waals surface area contributed by atoms with Gasteiger partial charge in [-0.25, -0.2) is 4.68 Å². The van der Waals surface area contributed by atoms with Crippen LogP contribution in [0.25, 0.3) is 16.1 Å². The van der Waals surface area contributed by atoms with E-state index in [-0.39, 0.29) is 17.1 Å². The minimum Gasteiger partial charge on any atom is -0.298 e. The number of hydrogen-bond donors (Lipinski definition) is 0. The number of nitro benzene ring substituents is 1. The van der Waals surface area contributed by atoms with Gasteiger partial charge in [-0.2, -0.15) is 5.10 Å². The number of hydrogen-bond acceptors (Lipinski definition) is 5. The lowest BCUT2D eigenvalue weighted by atomic mass is 10.2. The molecular formula is C11H8N6O3. The SMILES string of the molecule is Cc1nn(-c2ccc([N+](=O)[O-])cc2)c(N=[N+]=[N-])c1C=O. The van der Waals surface area contributed by atoms with Gasteiger partial charge in [-0.05, 0) is 29.7 Å². The second-order valence-corrected chi connectivity index (χ2v) is 3.82. The van der Waals surface area contributed by atoms with Gasteiger partial charge in [0, 0.05) is 17.0 Å². The first-order chi connectivity index (χ1) is 9.58. The fraction of sp³-hybridized carbons (Fsp3) is 0.0909. The summed E-state index contributed by atoms with van der Waals surface area (Å²) in [4.78, 5) is 23.7. The van der Waals surface area contributed by atoms with Crippen molar-refractivity contribution in [3.63, 3.8) is 0 Å². The van der Waals surface area contributed by atoms with E-state index in [4.69, 9.17) is 5.53 Å². The Hall–Kier alpha value is -3.19. The van der Waals surface area contributed by atoms with Crippen LogP contribution in [0.3, 0.4) is 0 Å². The van der Waals surface area contributed by atoms with E-state index in [1.807, 2.05) is 0 Å². The fourth-order valence-electron chi connectivity index (χ4n) is 1.70. The molecule has 0 atom stereocenters. The predicted molar refractivity (Wildman–Crippen MR) is 69.1 cm³/mol. The van der Waals surface area contributed by atoms with Crippen molar-refractivity contribution >= 4 is 17.8 Å². The zero-order valence-corrected chi connectivity index (χ0v) is 10.3. The predicted octanol–water partition coefficient (Wildman–Crippen LogP) is 2.84. The molecule has 0 saturated carbocycles. The Bertz CT molecular complexity index is 727. The third-order valence-electron chi connectivity index (χ3n) is 2.64. The van der Waals surface area contributed by atoms with Gasteiger partial charge in [-0.3, -0.25) is 14.9 Å². The lowest BCUT2D eigenvalue weighted by Crippen LogP contribution is -1.96. The van der Waals surface area contributed by atoms with E-state index >= 15 is 0 Å². The number of nitrogens with zero attached hydrogens (tertiary/aromatic N) is 6. The second kappa shape index (κ2) is 5.21. The van der Waals surface area contributed by atoms with E-state index in [2.05, 4.69) is 15.1 Å². The van der Waals surface area contributed by atoms with E-state index in [1.54, 1.807) is 6.92 Å². The summed E-state index contributed by atoms with van der Waals surface area (Å²) in [5, 5.41) is 18.1. The summed E-state index contributed by atoms with van der Waals surface area (Å²) in [5.74, 6) is 0.0499. The Balaban J connectivity index is 2.60. The molecule has 2 rings (SSSR count). The largest absolute Gasteiger partial charge is 0.298 e. The van der Waals surface area contributed by atoms with E-state index in [1.165, 1.54) is 28.9 Å². The van der Waals surface area contributed by atoms with E-state index in [0.29, 0.717) is 17.7 Å². The minimum absolute atomic E-state index is 0.0499. The Labute approximate surface area is 112 Å². The summed E-state index contributed by atoms with van der Waals surface area (Å²) in [6, 6.07) is 5.50. The topological polar surface area (TPSA) is 127 Å². The maximum Gasteiger partial charge on any atom is 0.269 e. The fourth-order valence-corrected chi connectivity index (χ4v) is 1.70. The van der Waals surface area contributed by atoms with Gasteiger partial charge in [0.2, 0.25) is 0 Å². The lowest BCUT2D eigenvalue weighted by molar-refractivity contribution is -0.384. The van der Waals surface area contributed by atoms with E-state index in [9.17, 15) is 14.9 Å². The minimum atomic E-state index is -0.524. The van der Waals surface area contributed by atoms with Gasteiger partial charge >= 0.3 is 0 Å². The molecule has 20 heavy (non-hydrogen) atoms. The molecule has 0 aliphatic rings. The van der Waals surface area contributed by atoms with Gasteiger partial charge < -0.3 is 0 Å². The highest BCUT2D eigenvalue weighted by molar-refractivity contribution is 5.83. The normalized spacial score (nSPS) is 9.85. The van der Waals surface area contributed by atoms with Gasteiger partial charge in [-0.1, -0.05) is 0 Å². The molecule has 1 heterocycles. The average molecular weight is 272 g/mol. The number of rotatable bonds is 4. The number of azide groups is 1. The number of nitro groups is 1. The number of aromatic nitrogens is 2. The maximum absolute atomic E-state index is 11.0. The van der Waals surface area contributed by atoms with E-state index < -0.39 is 4.92 Å². The Morgan fingerprint density at radius 2 is 2.10 bits per heavy atom. The quantitative estimate of drug-likeness (QED) is 0.211. The standard InChI is InChI=1S/C11H8N6O3/c1-7-10(6-18)11(13-15-12)16(14-7)8-2-4-9(5-3-8)17(19)20/h2-6H,1H3. The van der Waals surface area contributed by atoms with Crippen LogP contribution >= 0.6 is 0 Å². The number of aryl methyl sites for hydroxylation is 1. The third kappa shape index (κ3) is 2.20. The highest BCUT2D eigenvalue weighted by Gasteiger charge is 2.15. The van der Waals surface area contributed by atoms with Crippen LogP contribution in [0.15, 0.2) is 29.4 Å². The van der Waals surface area contributed by atoms with Gasteiger partial charge in [0.25, 0.3) is 5.69 Å². The summed E-state index contributed by atoms with van der Waals surface area (Å²) in [6.07, 6.45) is 0.550. The molecule has 0 spiro atoms. The molecule has 1 aromatic heterocycles. The molecule has 0 bridgehead atoms. The number of carbonyl (C=O) groups excluding carboxylic acids is 1. The Kier molecular flexibility index (Phi) is 3.45. The first kappa shape index (κ1) is 13.2. The van der Waals surface area contributed by atoms with Crippen molar-refractivity contribution < 1.29 is 9.72 Å². The van der Waals surface area contributed by atoms with Crippen LogP contribution in [-0.2, 0) is 0 Å². The summed E-state index contributed by atoms with van der Waals surface area (Å²) in [7, 11) is 0. The highest BCUT2D eigenvalue weighted by Crippen LogP contribution is 2.26. The number of non-ortho nitro benzene ring substituents is 1. The van der Waals surface area contributed by atoms with E-state index in [0.717, 1.165) is 0 Å². The van der Waals surface area contributed by atoms with Crippen molar-refractivity contribution in [3.05, 3.63) is 56.1 Å². The first-order valence-electron chi connectivity index (χ1n) is 5.43. The molecule has 100 valence electrons. The monoisotopic (exact) mass is 272 g/mol. The zero-order chi connectivity index (χ0) is 14.7. The average Bonchev–Trinajstić information content (AvgIpc) is 2.75. The van der Waals surface area contributed by atoms with Gasteiger partial charge in [0.05, 0.1) is 21.9 Å². The van der Waals surface area contributed by atoms with Gasteiger partial charge in [-0.15, -0.1) is 0 Å². The van der Waals surface area contributed by atoms with Gasteiger partial charge in [0.1, 0.15) is 5.82 Å². The second-order valence-electron chi connectivity index (χ2n) is 3.82. The molecule has 0 amide bonds. The van der Waals surface area contributed by atoms with Crippen LogP contribution in [0.2, 0.25) is 0 Å². The summed E-state index contributed by atoms with van der Waals surface area (Å²) in [5.41, 5.74) is 9.52. The molecule has 0 aliphatic heterocycles. The number of carbonyl (C=O) groups is 1. The van der Waals surface area contributed by atoms with Crippen LogP contribution in [-0.4, -0.2) is 21.0 Å². The summed E-state index contributed by atoms with van der Waals surface area (Å²) >= 11 is 0. The molecule has 9 heteroatoms. The van der Waals surface area contributed by atoms with Crippen LogP contribution < -0.4 is 0 Å². The molecule has 0 saturated heterocycles. The smallest absolute Gasteiger partial charge is 0.269 e. The molecule has 0 aliphatic carbocycles. The van der Waals surface area contributed by atoms with Crippen LogP contribution in [0.4, 0.5) is 11.5 Å². The van der Waals surface area contributed by atoms with Gasteiger partial charge in [0.15, 0.2) is 6.29 Å². The summed E-state index contributed by atoms with van der Waals surface area (Å²) in [6.45, 7) is 1.60. The maximum atomic E-state index is 11.0. The van der Waals surface area contributed by atoms with Crippen molar-refractivity contribution in [3.8, 4) is 5.69 Å². The first-order valence-corrected chi connectivity index (χ1v) is 5.43. The Morgan fingerprint density at radius 3 is 2.60 bits per heavy atom. The van der Waals surface area contributed by atoms with Crippen LogP contribution in [0, 0.1) is 17.0 Å². The molecule has 1 aromatic carbocycles. The van der Waals surface area contributed by atoms with Crippen LogP contribution in [0.5, 0.6) is 0 Å². The lowest BCUT2D eigenvalue weighted by Gasteiger charge is -2.03. The molecular weight excluding hydrogens is 264 g/mol. The molecule has 0 radical (unpaired) electrons. The molecule has 2 aromatic rings. The molecule has 0 unspecified atom stereocenters. The third-order valence-corrected chi connectivity index (χ3v) is 2.64. The summed E-state index contributed by atoms with van der Waals surface area (Å²) < 4.78 is 1.27. The van der Waals surface area contributed by atoms with Crippen molar-refractivity contribution in [1.29, 1.82) is 0 Å². The number of aldehydes is 1. The van der Waals surface area contributed by atoms with Crippen molar-refractivity contribution in [2.24, 2.45) is 5.11 Å². The molecule has 9 nitrogen and oxygen atoms in total. The number of benzene rings is 1.